The van der Waals surface area contributed by atoms with Crippen LogP contribution >= 0.6 is 0 Å². The van der Waals surface area contributed by atoms with Crippen LogP contribution in [0.1, 0.15) is 44.4 Å². The third-order valence-electron chi connectivity index (χ3n) is 4.20. The lowest BCUT2D eigenvalue weighted by Crippen LogP contribution is -2.42. The molecule has 2 aromatic rings. The third-order valence-corrected chi connectivity index (χ3v) is 4.20. The summed E-state index contributed by atoms with van der Waals surface area (Å²) in [5.41, 5.74) is 8.15. The van der Waals surface area contributed by atoms with Crippen molar-refractivity contribution in [3.8, 4) is 0 Å². The van der Waals surface area contributed by atoms with E-state index in [0.717, 1.165) is 12.0 Å². The molecular formula is C20H26N2O. The van der Waals surface area contributed by atoms with E-state index in [-0.39, 0.29) is 17.4 Å². The van der Waals surface area contributed by atoms with Crippen LogP contribution in [-0.4, -0.2) is 11.9 Å². The fourth-order valence-electron chi connectivity index (χ4n) is 2.97. The molecule has 0 aliphatic rings. The molecule has 2 atom stereocenters. The number of rotatable bonds is 6. The maximum atomic E-state index is 12.3. The Labute approximate surface area is 138 Å². The second-order valence-corrected chi connectivity index (χ2v) is 6.75. The summed E-state index contributed by atoms with van der Waals surface area (Å²) in [5, 5.41) is 3.04. The van der Waals surface area contributed by atoms with E-state index in [4.69, 9.17) is 5.73 Å². The van der Waals surface area contributed by atoms with Crippen molar-refractivity contribution in [3.63, 3.8) is 0 Å². The monoisotopic (exact) mass is 310 g/mol. The zero-order valence-corrected chi connectivity index (χ0v) is 14.1. The molecule has 0 aliphatic carbocycles. The Bertz CT molecular complexity index is 623. The number of benzene rings is 2. The maximum Gasteiger partial charge on any atom is 0.241 e. The van der Waals surface area contributed by atoms with E-state index in [1.54, 1.807) is 0 Å². The van der Waals surface area contributed by atoms with Crippen LogP contribution < -0.4 is 11.1 Å². The van der Waals surface area contributed by atoms with Gasteiger partial charge in [0.2, 0.25) is 5.91 Å². The number of carbonyl (C=O) groups excluding carboxylic acids is 1. The number of hydrogen-bond donors (Lipinski definition) is 2. The van der Waals surface area contributed by atoms with Gasteiger partial charge >= 0.3 is 0 Å². The van der Waals surface area contributed by atoms with Gasteiger partial charge in [-0.25, -0.2) is 0 Å². The minimum Gasteiger partial charge on any atom is -0.352 e. The van der Waals surface area contributed by atoms with Crippen LogP contribution in [0.15, 0.2) is 60.7 Å². The fourth-order valence-corrected chi connectivity index (χ4v) is 2.97. The first kappa shape index (κ1) is 17.2. The van der Waals surface area contributed by atoms with Gasteiger partial charge in [-0.3, -0.25) is 4.79 Å². The van der Waals surface area contributed by atoms with Crippen LogP contribution in [-0.2, 0) is 10.2 Å². The molecule has 3 N–H and O–H groups in total. The quantitative estimate of drug-likeness (QED) is 0.857. The van der Waals surface area contributed by atoms with Crippen LogP contribution in [0.5, 0.6) is 0 Å². The smallest absolute Gasteiger partial charge is 0.241 e. The molecule has 0 heterocycles. The molecule has 0 fully saturated rings. The SMILES string of the molecule is CC(CC(C)(C)c1ccccc1)NC(=O)C(N)c1ccccc1. The Hall–Kier alpha value is -2.13. The molecule has 0 aromatic heterocycles. The van der Waals surface area contributed by atoms with Gasteiger partial charge in [0.1, 0.15) is 6.04 Å². The Kier molecular flexibility index (Phi) is 5.56. The fraction of sp³-hybridized carbons (Fsp3) is 0.350. The summed E-state index contributed by atoms with van der Waals surface area (Å²) in [6, 6.07) is 19.3. The average molecular weight is 310 g/mol. The van der Waals surface area contributed by atoms with Gasteiger partial charge in [-0.1, -0.05) is 74.5 Å². The standard InChI is InChI=1S/C20H26N2O/c1-15(14-20(2,3)17-12-8-5-9-13-17)22-19(23)18(21)16-10-6-4-7-11-16/h4-13,15,18H,14,21H2,1-3H3,(H,22,23). The first-order valence-electron chi connectivity index (χ1n) is 8.06. The number of amides is 1. The van der Waals surface area contributed by atoms with Crippen LogP contribution in [0, 0.1) is 0 Å². The number of carbonyl (C=O) groups is 1. The predicted molar refractivity (Wildman–Crippen MR) is 95.1 cm³/mol. The average Bonchev–Trinajstić information content (AvgIpc) is 2.55. The summed E-state index contributed by atoms with van der Waals surface area (Å²) in [6.07, 6.45) is 0.851. The van der Waals surface area contributed by atoms with Crippen molar-refractivity contribution >= 4 is 5.91 Å². The molecule has 2 aromatic carbocycles. The van der Waals surface area contributed by atoms with E-state index in [1.165, 1.54) is 5.56 Å². The minimum atomic E-state index is -0.626. The lowest BCUT2D eigenvalue weighted by molar-refractivity contribution is -0.123. The van der Waals surface area contributed by atoms with Gasteiger partial charge in [0.15, 0.2) is 0 Å². The second-order valence-electron chi connectivity index (χ2n) is 6.75. The van der Waals surface area contributed by atoms with Gasteiger partial charge in [0, 0.05) is 6.04 Å². The Balaban J connectivity index is 1.96. The van der Waals surface area contributed by atoms with E-state index < -0.39 is 6.04 Å². The van der Waals surface area contributed by atoms with Crippen molar-refractivity contribution in [1.29, 1.82) is 0 Å². The molecular weight excluding hydrogens is 284 g/mol. The third kappa shape index (κ3) is 4.67. The van der Waals surface area contributed by atoms with Gasteiger partial charge in [0.05, 0.1) is 0 Å². The zero-order chi connectivity index (χ0) is 16.9. The summed E-state index contributed by atoms with van der Waals surface area (Å²) in [4.78, 5) is 12.3. The molecule has 2 unspecified atom stereocenters. The number of nitrogens with one attached hydrogen (secondary N) is 1. The van der Waals surface area contributed by atoms with Crippen LogP contribution in [0.2, 0.25) is 0 Å². The Morgan fingerprint density at radius 3 is 2.13 bits per heavy atom. The van der Waals surface area contributed by atoms with E-state index >= 15 is 0 Å². The molecule has 0 bridgehead atoms. The van der Waals surface area contributed by atoms with E-state index in [9.17, 15) is 4.79 Å². The summed E-state index contributed by atoms with van der Waals surface area (Å²) >= 11 is 0. The van der Waals surface area contributed by atoms with Crippen molar-refractivity contribution in [2.24, 2.45) is 5.73 Å². The maximum absolute atomic E-state index is 12.3. The van der Waals surface area contributed by atoms with Crippen LogP contribution in [0.25, 0.3) is 0 Å². The molecule has 122 valence electrons. The highest BCUT2D eigenvalue weighted by atomic mass is 16.2. The van der Waals surface area contributed by atoms with Crippen molar-refractivity contribution in [1.82, 2.24) is 5.32 Å². The second kappa shape index (κ2) is 7.42. The Morgan fingerprint density at radius 2 is 1.57 bits per heavy atom. The highest BCUT2D eigenvalue weighted by Gasteiger charge is 2.25. The highest BCUT2D eigenvalue weighted by Crippen LogP contribution is 2.28. The summed E-state index contributed by atoms with van der Waals surface area (Å²) in [6.45, 7) is 6.42. The van der Waals surface area contributed by atoms with Gasteiger partial charge in [-0.15, -0.1) is 0 Å². The van der Waals surface area contributed by atoms with Crippen molar-refractivity contribution in [2.75, 3.05) is 0 Å². The minimum absolute atomic E-state index is 0.00913. The van der Waals surface area contributed by atoms with Gasteiger partial charge in [-0.05, 0) is 29.9 Å². The topological polar surface area (TPSA) is 55.1 Å². The number of hydrogen-bond acceptors (Lipinski definition) is 2. The van der Waals surface area contributed by atoms with Crippen LogP contribution in [0.4, 0.5) is 0 Å². The largest absolute Gasteiger partial charge is 0.352 e. The first-order chi connectivity index (χ1) is 10.9. The van der Waals surface area contributed by atoms with Gasteiger partial charge in [0.25, 0.3) is 0 Å². The molecule has 0 saturated carbocycles. The molecule has 2 rings (SSSR count). The molecule has 3 nitrogen and oxygen atoms in total. The van der Waals surface area contributed by atoms with Gasteiger partial charge < -0.3 is 11.1 Å². The van der Waals surface area contributed by atoms with Crippen molar-refractivity contribution in [2.45, 2.75) is 44.7 Å². The zero-order valence-electron chi connectivity index (χ0n) is 14.1. The lowest BCUT2D eigenvalue weighted by atomic mass is 9.79. The predicted octanol–water partition coefficient (Wildman–Crippen LogP) is 3.56. The number of nitrogens with two attached hydrogens (primary N) is 1. The molecule has 1 amide bonds. The summed E-state index contributed by atoms with van der Waals surface area (Å²) < 4.78 is 0. The van der Waals surface area contributed by atoms with Crippen molar-refractivity contribution < 1.29 is 4.79 Å². The summed E-state index contributed by atoms with van der Waals surface area (Å²) in [5.74, 6) is -0.132. The molecule has 0 spiro atoms. The summed E-state index contributed by atoms with van der Waals surface area (Å²) in [7, 11) is 0. The van der Waals surface area contributed by atoms with Gasteiger partial charge in [-0.2, -0.15) is 0 Å². The van der Waals surface area contributed by atoms with Crippen molar-refractivity contribution in [3.05, 3.63) is 71.8 Å². The normalized spacial score (nSPS) is 14.1. The molecule has 0 saturated heterocycles. The molecule has 23 heavy (non-hydrogen) atoms. The lowest BCUT2D eigenvalue weighted by Gasteiger charge is -2.29. The molecule has 3 heteroatoms. The van der Waals surface area contributed by atoms with Crippen LogP contribution in [0.3, 0.4) is 0 Å². The molecule has 0 aliphatic heterocycles. The Morgan fingerprint density at radius 1 is 1.04 bits per heavy atom. The van der Waals surface area contributed by atoms with E-state index in [2.05, 4.69) is 31.3 Å². The highest BCUT2D eigenvalue weighted by molar-refractivity contribution is 5.83. The molecule has 0 radical (unpaired) electrons. The van der Waals surface area contributed by atoms with E-state index in [0.29, 0.717) is 0 Å². The van der Waals surface area contributed by atoms with E-state index in [1.807, 2.05) is 55.5 Å². The first-order valence-corrected chi connectivity index (χ1v) is 8.06.